The summed E-state index contributed by atoms with van der Waals surface area (Å²) in [5, 5.41) is 14.0. The Morgan fingerprint density at radius 3 is 2.94 bits per heavy atom. The average molecular weight is 251 g/mol. The van der Waals surface area contributed by atoms with Gasteiger partial charge < -0.3 is 5.11 Å². The monoisotopic (exact) mass is 251 g/mol. The topological polar surface area (TPSA) is 41.3 Å². The highest BCUT2D eigenvalue weighted by molar-refractivity contribution is 5.10. The highest BCUT2D eigenvalue weighted by Gasteiger charge is 2.26. The molecule has 0 bridgehead atoms. The molecule has 18 heavy (non-hydrogen) atoms. The summed E-state index contributed by atoms with van der Waals surface area (Å²) in [5.41, 5.74) is 2.45. The van der Waals surface area contributed by atoms with Gasteiger partial charge in [0.1, 0.15) is 0 Å². The van der Waals surface area contributed by atoms with E-state index in [2.05, 4.69) is 23.0 Å². The van der Waals surface area contributed by atoms with E-state index < -0.39 is 0 Å². The number of aryl methyl sites for hydroxylation is 2. The van der Waals surface area contributed by atoms with Gasteiger partial charge in [0.15, 0.2) is 0 Å². The van der Waals surface area contributed by atoms with Gasteiger partial charge in [-0.15, -0.1) is 0 Å². The standard InChI is InChI=1S/C14H25N3O/c1-4-12-9-14(16(3)15-12)10-17-7-5-6-13(17)8-11(2)18/h9,11,13,18H,4-8,10H2,1-3H3. The maximum Gasteiger partial charge on any atom is 0.0625 e. The van der Waals surface area contributed by atoms with Gasteiger partial charge >= 0.3 is 0 Å². The third-order valence-corrected chi connectivity index (χ3v) is 3.87. The molecule has 4 nitrogen and oxygen atoms in total. The molecule has 4 heteroatoms. The van der Waals surface area contributed by atoms with Gasteiger partial charge in [0.25, 0.3) is 0 Å². The molecule has 0 saturated carbocycles. The van der Waals surface area contributed by atoms with Crippen molar-refractivity contribution in [3.05, 3.63) is 17.5 Å². The Labute approximate surface area is 110 Å². The van der Waals surface area contributed by atoms with E-state index in [1.807, 2.05) is 18.7 Å². The maximum atomic E-state index is 9.55. The van der Waals surface area contributed by atoms with Crippen LogP contribution in [0.1, 0.15) is 44.5 Å². The lowest BCUT2D eigenvalue weighted by Crippen LogP contribution is -2.32. The Bertz CT molecular complexity index is 386. The van der Waals surface area contributed by atoms with Crippen molar-refractivity contribution in [1.82, 2.24) is 14.7 Å². The molecule has 1 aromatic rings. The van der Waals surface area contributed by atoms with Gasteiger partial charge in [0, 0.05) is 19.6 Å². The largest absolute Gasteiger partial charge is 0.393 e. The van der Waals surface area contributed by atoms with Gasteiger partial charge in [-0.2, -0.15) is 5.10 Å². The highest BCUT2D eigenvalue weighted by Crippen LogP contribution is 2.23. The van der Waals surface area contributed by atoms with E-state index in [1.165, 1.54) is 24.2 Å². The molecule has 0 radical (unpaired) electrons. The summed E-state index contributed by atoms with van der Waals surface area (Å²) in [6.07, 6.45) is 4.14. The molecular formula is C14H25N3O. The van der Waals surface area contributed by atoms with Crippen molar-refractivity contribution in [2.75, 3.05) is 6.54 Å². The van der Waals surface area contributed by atoms with Gasteiger partial charge in [-0.05, 0) is 45.2 Å². The maximum absolute atomic E-state index is 9.55. The van der Waals surface area contributed by atoms with Gasteiger partial charge in [-0.3, -0.25) is 9.58 Å². The fraction of sp³-hybridized carbons (Fsp3) is 0.786. The van der Waals surface area contributed by atoms with Crippen molar-refractivity contribution in [2.45, 2.75) is 58.2 Å². The number of nitrogens with zero attached hydrogens (tertiary/aromatic N) is 3. The van der Waals surface area contributed by atoms with Crippen molar-refractivity contribution in [2.24, 2.45) is 7.05 Å². The summed E-state index contributed by atoms with van der Waals surface area (Å²) in [5.74, 6) is 0. The lowest BCUT2D eigenvalue weighted by molar-refractivity contribution is 0.129. The summed E-state index contributed by atoms with van der Waals surface area (Å²) in [4.78, 5) is 2.49. The van der Waals surface area contributed by atoms with Crippen LogP contribution in [0, 0.1) is 0 Å². The van der Waals surface area contributed by atoms with Crippen molar-refractivity contribution in [3.63, 3.8) is 0 Å². The minimum absolute atomic E-state index is 0.201. The van der Waals surface area contributed by atoms with Crippen LogP contribution in [0.4, 0.5) is 0 Å². The average Bonchev–Trinajstić information content (AvgIpc) is 2.87. The second-order valence-electron chi connectivity index (χ2n) is 5.46. The van der Waals surface area contributed by atoms with Crippen LogP contribution < -0.4 is 0 Å². The Hall–Kier alpha value is -0.870. The molecule has 102 valence electrons. The molecule has 2 heterocycles. The second kappa shape index (κ2) is 5.85. The normalized spacial score (nSPS) is 22.6. The number of aliphatic hydroxyl groups is 1. The van der Waals surface area contributed by atoms with Crippen molar-refractivity contribution in [3.8, 4) is 0 Å². The predicted molar refractivity (Wildman–Crippen MR) is 72.3 cm³/mol. The Morgan fingerprint density at radius 2 is 2.33 bits per heavy atom. The third-order valence-electron chi connectivity index (χ3n) is 3.87. The van der Waals surface area contributed by atoms with Gasteiger partial charge in [-0.1, -0.05) is 6.92 Å². The molecule has 1 aliphatic heterocycles. The van der Waals surface area contributed by atoms with Crippen LogP contribution in [-0.2, 0) is 20.0 Å². The summed E-state index contributed by atoms with van der Waals surface area (Å²) in [7, 11) is 2.02. The number of aromatic nitrogens is 2. The van der Waals surface area contributed by atoms with E-state index in [0.29, 0.717) is 6.04 Å². The zero-order valence-corrected chi connectivity index (χ0v) is 11.8. The first-order valence-electron chi connectivity index (χ1n) is 7.04. The number of hydrogen-bond donors (Lipinski definition) is 1. The molecule has 0 aliphatic carbocycles. The number of likely N-dealkylation sites (tertiary alicyclic amines) is 1. The molecule has 0 amide bonds. The summed E-state index contributed by atoms with van der Waals surface area (Å²) in [6.45, 7) is 6.12. The minimum Gasteiger partial charge on any atom is -0.393 e. The van der Waals surface area contributed by atoms with E-state index in [-0.39, 0.29) is 6.10 Å². The molecule has 1 fully saturated rings. The van der Waals surface area contributed by atoms with E-state index in [0.717, 1.165) is 25.9 Å². The molecule has 2 atom stereocenters. The highest BCUT2D eigenvalue weighted by atomic mass is 16.3. The number of rotatable bonds is 5. The predicted octanol–water partition coefficient (Wildman–Crippen LogP) is 1.72. The Balaban J connectivity index is 2.01. The van der Waals surface area contributed by atoms with Crippen LogP contribution in [0.5, 0.6) is 0 Å². The first-order valence-corrected chi connectivity index (χ1v) is 7.04. The van der Waals surface area contributed by atoms with Gasteiger partial charge in [0.2, 0.25) is 0 Å². The van der Waals surface area contributed by atoms with Crippen LogP contribution in [0.2, 0.25) is 0 Å². The van der Waals surface area contributed by atoms with Crippen molar-refractivity contribution >= 4 is 0 Å². The fourth-order valence-electron chi connectivity index (χ4n) is 2.86. The smallest absolute Gasteiger partial charge is 0.0625 e. The van der Waals surface area contributed by atoms with E-state index in [1.54, 1.807) is 0 Å². The SMILES string of the molecule is CCc1cc(CN2CCCC2CC(C)O)n(C)n1. The molecule has 0 aromatic carbocycles. The number of aliphatic hydroxyl groups excluding tert-OH is 1. The van der Waals surface area contributed by atoms with Crippen LogP contribution in [0.15, 0.2) is 6.07 Å². The lowest BCUT2D eigenvalue weighted by atomic mass is 10.1. The van der Waals surface area contributed by atoms with Gasteiger partial charge in [0.05, 0.1) is 17.5 Å². The first-order chi connectivity index (χ1) is 8.60. The Morgan fingerprint density at radius 1 is 1.56 bits per heavy atom. The van der Waals surface area contributed by atoms with Gasteiger partial charge in [-0.25, -0.2) is 0 Å². The van der Waals surface area contributed by atoms with E-state index in [4.69, 9.17) is 0 Å². The lowest BCUT2D eigenvalue weighted by Gasteiger charge is -2.25. The zero-order valence-electron chi connectivity index (χ0n) is 11.8. The summed E-state index contributed by atoms with van der Waals surface area (Å²) >= 11 is 0. The van der Waals surface area contributed by atoms with Crippen molar-refractivity contribution < 1.29 is 5.11 Å². The summed E-state index contributed by atoms with van der Waals surface area (Å²) in [6, 6.07) is 2.74. The molecule has 2 rings (SSSR count). The fourth-order valence-corrected chi connectivity index (χ4v) is 2.86. The second-order valence-corrected chi connectivity index (χ2v) is 5.46. The molecule has 1 aliphatic rings. The van der Waals surface area contributed by atoms with Crippen LogP contribution >= 0.6 is 0 Å². The Kier molecular flexibility index (Phi) is 4.40. The molecule has 2 unspecified atom stereocenters. The quantitative estimate of drug-likeness (QED) is 0.866. The van der Waals surface area contributed by atoms with E-state index >= 15 is 0 Å². The molecule has 1 saturated heterocycles. The molecule has 0 spiro atoms. The first kappa shape index (κ1) is 13.6. The van der Waals surface area contributed by atoms with Crippen molar-refractivity contribution in [1.29, 1.82) is 0 Å². The van der Waals surface area contributed by atoms with Crippen LogP contribution in [0.25, 0.3) is 0 Å². The van der Waals surface area contributed by atoms with Crippen LogP contribution in [-0.4, -0.2) is 38.5 Å². The number of hydrogen-bond acceptors (Lipinski definition) is 3. The third kappa shape index (κ3) is 3.12. The molecule has 1 N–H and O–H groups in total. The van der Waals surface area contributed by atoms with E-state index in [9.17, 15) is 5.11 Å². The molecular weight excluding hydrogens is 226 g/mol. The van der Waals surface area contributed by atoms with Crippen LogP contribution in [0.3, 0.4) is 0 Å². The minimum atomic E-state index is -0.201. The zero-order chi connectivity index (χ0) is 13.1. The molecule has 1 aromatic heterocycles. The summed E-state index contributed by atoms with van der Waals surface area (Å²) < 4.78 is 2.00.